The fourth-order valence-electron chi connectivity index (χ4n) is 3.63. The summed E-state index contributed by atoms with van der Waals surface area (Å²) in [5.41, 5.74) is 4.20. The fraction of sp³-hybridized carbons (Fsp3) is 0.0870. The molecular formula is C23H20N2. The van der Waals surface area contributed by atoms with Crippen molar-refractivity contribution in [2.75, 3.05) is 0 Å². The quantitative estimate of drug-likeness (QED) is 0.481. The predicted molar refractivity (Wildman–Crippen MR) is 102 cm³/mol. The molecule has 2 heteroatoms. The summed E-state index contributed by atoms with van der Waals surface area (Å²) in [6.45, 7) is 2.11. The number of hydrogen-bond donors (Lipinski definition) is 0. The topological polar surface area (TPSA) is 17.8 Å². The van der Waals surface area contributed by atoms with Gasteiger partial charge in [-0.15, -0.1) is 0 Å². The van der Waals surface area contributed by atoms with E-state index in [1.807, 2.05) is 6.20 Å². The van der Waals surface area contributed by atoms with Crippen molar-refractivity contribution in [3.8, 4) is 0 Å². The minimum atomic E-state index is -0.503. The molecule has 0 fully saturated rings. The first kappa shape index (κ1) is 15.4. The van der Waals surface area contributed by atoms with Gasteiger partial charge >= 0.3 is 0 Å². The smallest absolute Gasteiger partial charge is 0.138 e. The zero-order valence-corrected chi connectivity index (χ0v) is 14.2. The second kappa shape index (κ2) is 6.40. The number of rotatable bonds is 4. The first-order chi connectivity index (χ1) is 12.3. The molecule has 1 heterocycles. The third kappa shape index (κ3) is 2.47. The normalized spacial score (nSPS) is 11.4. The van der Waals surface area contributed by atoms with E-state index in [1.54, 1.807) is 0 Å². The molecule has 25 heavy (non-hydrogen) atoms. The molecule has 0 N–H and O–H groups in total. The number of aryl methyl sites for hydroxylation is 1. The minimum absolute atomic E-state index is 0.503. The predicted octanol–water partition coefficient (Wildman–Crippen LogP) is 5.03. The molecule has 4 aromatic rings. The van der Waals surface area contributed by atoms with Crippen LogP contribution < -0.4 is 0 Å². The molecule has 0 unspecified atom stereocenters. The zero-order chi connectivity index (χ0) is 17.1. The molecule has 0 aliphatic carbocycles. The molecule has 0 aliphatic rings. The van der Waals surface area contributed by atoms with E-state index in [2.05, 4.69) is 109 Å². The molecule has 0 amide bonds. The van der Waals surface area contributed by atoms with Gasteiger partial charge in [0.2, 0.25) is 0 Å². The van der Waals surface area contributed by atoms with Crippen molar-refractivity contribution < 1.29 is 0 Å². The third-order valence-electron chi connectivity index (χ3n) is 4.72. The summed E-state index contributed by atoms with van der Waals surface area (Å²) >= 11 is 0. The highest BCUT2D eigenvalue weighted by Gasteiger charge is 2.39. The second-order valence-electron chi connectivity index (χ2n) is 6.19. The molecule has 0 saturated carbocycles. The van der Waals surface area contributed by atoms with Gasteiger partial charge in [0.15, 0.2) is 0 Å². The van der Waals surface area contributed by atoms with Crippen molar-refractivity contribution in [2.45, 2.75) is 12.5 Å². The Bertz CT molecular complexity index is 844. The third-order valence-corrected chi connectivity index (χ3v) is 4.72. The van der Waals surface area contributed by atoms with Crippen LogP contribution in [0.5, 0.6) is 0 Å². The van der Waals surface area contributed by atoms with Crippen molar-refractivity contribution in [3.63, 3.8) is 0 Å². The van der Waals surface area contributed by atoms with Crippen molar-refractivity contribution in [3.05, 3.63) is 126 Å². The van der Waals surface area contributed by atoms with Gasteiger partial charge in [-0.1, -0.05) is 91.0 Å². The second-order valence-corrected chi connectivity index (χ2v) is 6.19. The van der Waals surface area contributed by atoms with E-state index >= 15 is 0 Å². The highest BCUT2D eigenvalue weighted by Crippen LogP contribution is 2.40. The lowest BCUT2D eigenvalue weighted by Gasteiger charge is -2.37. The highest BCUT2D eigenvalue weighted by molar-refractivity contribution is 5.50. The molecule has 0 aliphatic heterocycles. The Hall–Kier alpha value is -3.13. The average Bonchev–Trinajstić information content (AvgIpc) is 3.12. The van der Waals surface area contributed by atoms with Gasteiger partial charge in [0.05, 0.1) is 0 Å². The van der Waals surface area contributed by atoms with E-state index in [-0.39, 0.29) is 0 Å². The molecule has 0 radical (unpaired) electrons. The summed E-state index contributed by atoms with van der Waals surface area (Å²) in [5.74, 6) is 0. The van der Waals surface area contributed by atoms with Crippen LogP contribution in [0.4, 0.5) is 0 Å². The lowest BCUT2D eigenvalue weighted by Crippen LogP contribution is -2.39. The van der Waals surface area contributed by atoms with Crippen molar-refractivity contribution >= 4 is 0 Å². The van der Waals surface area contributed by atoms with Crippen LogP contribution in [0.25, 0.3) is 0 Å². The van der Waals surface area contributed by atoms with Crippen LogP contribution in [0.3, 0.4) is 0 Å². The van der Waals surface area contributed by atoms with E-state index in [0.717, 1.165) is 5.69 Å². The Labute approximate surface area is 148 Å². The van der Waals surface area contributed by atoms with Crippen LogP contribution in [0.1, 0.15) is 22.4 Å². The van der Waals surface area contributed by atoms with Crippen molar-refractivity contribution in [1.29, 1.82) is 0 Å². The Morgan fingerprint density at radius 3 is 1.32 bits per heavy atom. The molecule has 0 bridgehead atoms. The maximum absolute atomic E-state index is 4.73. The Morgan fingerprint density at radius 2 is 1.00 bits per heavy atom. The summed E-state index contributed by atoms with van der Waals surface area (Å²) in [6.07, 6.45) is 1.87. The van der Waals surface area contributed by atoms with E-state index in [9.17, 15) is 0 Å². The number of nitrogens with zero attached hydrogens (tertiary/aromatic N) is 2. The Kier molecular flexibility index (Phi) is 3.95. The van der Waals surface area contributed by atoms with Gasteiger partial charge in [-0.2, -0.15) is 5.10 Å². The minimum Gasteiger partial charge on any atom is -0.250 e. The van der Waals surface area contributed by atoms with Gasteiger partial charge in [0.1, 0.15) is 5.54 Å². The largest absolute Gasteiger partial charge is 0.250 e. The Balaban J connectivity index is 2.15. The van der Waals surface area contributed by atoms with Crippen LogP contribution in [0.2, 0.25) is 0 Å². The van der Waals surface area contributed by atoms with Crippen LogP contribution in [-0.2, 0) is 5.54 Å². The Morgan fingerprint density at radius 1 is 0.600 bits per heavy atom. The summed E-state index contributed by atoms with van der Waals surface area (Å²) in [6, 6.07) is 33.9. The molecule has 3 aromatic carbocycles. The van der Waals surface area contributed by atoms with Crippen molar-refractivity contribution in [2.24, 2.45) is 0 Å². The zero-order valence-electron chi connectivity index (χ0n) is 14.2. The van der Waals surface area contributed by atoms with Crippen LogP contribution in [0.15, 0.2) is 103 Å². The fourth-order valence-corrected chi connectivity index (χ4v) is 3.63. The standard InChI is InChI=1S/C23H20N2/c1-19-17-18-24-25(19)23(20-11-5-2-6-12-20,21-13-7-3-8-14-21)22-15-9-4-10-16-22/h2-18H,1H3. The van der Waals surface area contributed by atoms with E-state index in [0.29, 0.717) is 0 Å². The van der Waals surface area contributed by atoms with Gasteiger partial charge in [0.25, 0.3) is 0 Å². The molecule has 0 saturated heterocycles. The number of benzene rings is 3. The maximum Gasteiger partial charge on any atom is 0.138 e. The van der Waals surface area contributed by atoms with Gasteiger partial charge in [-0.25, -0.2) is 0 Å². The number of aromatic nitrogens is 2. The number of hydrogen-bond acceptors (Lipinski definition) is 1. The summed E-state index contributed by atoms with van der Waals surface area (Å²) < 4.78 is 2.13. The SMILES string of the molecule is Cc1ccnn1C(c1ccccc1)(c1ccccc1)c1ccccc1. The summed E-state index contributed by atoms with van der Waals surface area (Å²) in [4.78, 5) is 0. The lowest BCUT2D eigenvalue weighted by atomic mass is 9.77. The first-order valence-corrected chi connectivity index (χ1v) is 8.51. The van der Waals surface area contributed by atoms with Crippen molar-refractivity contribution in [1.82, 2.24) is 9.78 Å². The monoisotopic (exact) mass is 324 g/mol. The first-order valence-electron chi connectivity index (χ1n) is 8.51. The van der Waals surface area contributed by atoms with Crippen LogP contribution in [0, 0.1) is 6.92 Å². The van der Waals surface area contributed by atoms with E-state index in [4.69, 9.17) is 5.10 Å². The van der Waals surface area contributed by atoms with Crippen LogP contribution in [-0.4, -0.2) is 9.78 Å². The molecule has 1 aromatic heterocycles. The van der Waals surface area contributed by atoms with Crippen LogP contribution >= 0.6 is 0 Å². The van der Waals surface area contributed by atoms with Gasteiger partial charge in [0, 0.05) is 11.9 Å². The summed E-state index contributed by atoms with van der Waals surface area (Å²) in [7, 11) is 0. The van der Waals surface area contributed by atoms with E-state index in [1.165, 1.54) is 16.7 Å². The van der Waals surface area contributed by atoms with Gasteiger partial charge in [-0.05, 0) is 29.7 Å². The van der Waals surface area contributed by atoms with Gasteiger partial charge in [-0.3, -0.25) is 4.68 Å². The molecular weight excluding hydrogens is 304 g/mol. The average molecular weight is 324 g/mol. The lowest BCUT2D eigenvalue weighted by molar-refractivity contribution is 0.449. The molecule has 122 valence electrons. The molecule has 0 atom stereocenters. The molecule has 2 nitrogen and oxygen atoms in total. The molecule has 4 rings (SSSR count). The maximum atomic E-state index is 4.73. The van der Waals surface area contributed by atoms with Gasteiger partial charge < -0.3 is 0 Å². The molecule has 0 spiro atoms. The summed E-state index contributed by atoms with van der Waals surface area (Å²) in [5, 5.41) is 4.73. The highest BCUT2D eigenvalue weighted by atomic mass is 15.3. The van der Waals surface area contributed by atoms with E-state index < -0.39 is 5.54 Å².